The van der Waals surface area contributed by atoms with Gasteiger partial charge in [0.1, 0.15) is 18.4 Å². The summed E-state index contributed by atoms with van der Waals surface area (Å²) in [6.07, 6.45) is -0.493. The maximum Gasteiger partial charge on any atom is 0.410 e. The summed E-state index contributed by atoms with van der Waals surface area (Å²) in [5.41, 5.74) is 3.99. The highest BCUT2D eigenvalue weighted by atomic mass is 16.6. The highest BCUT2D eigenvalue weighted by molar-refractivity contribution is 5.95. The Bertz CT molecular complexity index is 1720. The molecule has 1 atom stereocenters. The SMILES string of the molecule is COc1ccc(-c2nc3c4cccc(C)c4nc(N[C@H]4CN(C(=O)OCc5ccccc5)CCNC4=O)n3n2)cc1. The van der Waals surface area contributed by atoms with E-state index in [1.165, 1.54) is 4.90 Å². The fourth-order valence-corrected chi connectivity index (χ4v) is 4.81. The van der Waals surface area contributed by atoms with E-state index in [0.717, 1.165) is 33.3 Å². The molecule has 5 aromatic rings. The minimum atomic E-state index is -0.799. The fraction of sp³-hybridized carbons (Fsp3) is 0.233. The largest absolute Gasteiger partial charge is 0.497 e. The van der Waals surface area contributed by atoms with Crippen molar-refractivity contribution in [2.24, 2.45) is 0 Å². The molecule has 0 saturated carbocycles. The number of fused-ring (bicyclic) bond motifs is 3. The molecular formula is C30H29N7O4. The van der Waals surface area contributed by atoms with Crippen molar-refractivity contribution in [3.05, 3.63) is 83.9 Å². The number of rotatable bonds is 6. The van der Waals surface area contributed by atoms with E-state index in [0.29, 0.717) is 30.5 Å². The number of nitrogens with zero attached hydrogens (tertiary/aromatic N) is 5. The number of carbonyl (C=O) groups is 2. The molecule has 11 heteroatoms. The fourth-order valence-electron chi connectivity index (χ4n) is 4.81. The van der Waals surface area contributed by atoms with Crippen LogP contribution in [0.1, 0.15) is 11.1 Å². The second-order valence-electron chi connectivity index (χ2n) is 9.78. The maximum atomic E-state index is 13.1. The zero-order valence-corrected chi connectivity index (χ0v) is 22.7. The van der Waals surface area contributed by atoms with Gasteiger partial charge in [-0.1, -0.05) is 42.5 Å². The lowest BCUT2D eigenvalue weighted by atomic mass is 10.1. The summed E-state index contributed by atoms with van der Waals surface area (Å²) in [5.74, 6) is 1.32. The maximum absolute atomic E-state index is 13.1. The number of benzene rings is 3. The summed E-state index contributed by atoms with van der Waals surface area (Å²) in [6, 6.07) is 22.0. The molecule has 0 aliphatic carbocycles. The number of ether oxygens (including phenoxy) is 2. The summed E-state index contributed by atoms with van der Waals surface area (Å²) >= 11 is 0. The van der Waals surface area contributed by atoms with E-state index in [2.05, 4.69) is 10.6 Å². The lowest BCUT2D eigenvalue weighted by molar-refractivity contribution is -0.121. The van der Waals surface area contributed by atoms with Crippen LogP contribution in [0.15, 0.2) is 72.8 Å². The van der Waals surface area contributed by atoms with Gasteiger partial charge in [-0.3, -0.25) is 4.79 Å². The van der Waals surface area contributed by atoms with Gasteiger partial charge in [0.2, 0.25) is 11.9 Å². The van der Waals surface area contributed by atoms with Crippen LogP contribution in [0.5, 0.6) is 5.75 Å². The summed E-state index contributed by atoms with van der Waals surface area (Å²) in [5, 5.41) is 11.7. The molecule has 1 aliphatic rings. The Morgan fingerprint density at radius 3 is 2.63 bits per heavy atom. The third kappa shape index (κ3) is 5.33. The van der Waals surface area contributed by atoms with Crippen LogP contribution in [0.2, 0.25) is 0 Å². The van der Waals surface area contributed by atoms with E-state index in [1.807, 2.05) is 79.7 Å². The minimum absolute atomic E-state index is 0.0917. The smallest absolute Gasteiger partial charge is 0.410 e. The van der Waals surface area contributed by atoms with E-state index < -0.39 is 12.1 Å². The highest BCUT2D eigenvalue weighted by Gasteiger charge is 2.30. The first-order valence-corrected chi connectivity index (χ1v) is 13.3. The van der Waals surface area contributed by atoms with Crippen molar-refractivity contribution in [1.82, 2.24) is 29.8 Å². The normalized spacial score (nSPS) is 15.4. The number of aromatic nitrogens is 4. The van der Waals surface area contributed by atoms with E-state index >= 15 is 0 Å². The van der Waals surface area contributed by atoms with Crippen molar-refractivity contribution in [1.29, 1.82) is 0 Å². The van der Waals surface area contributed by atoms with Crippen LogP contribution in [0, 0.1) is 6.92 Å². The van der Waals surface area contributed by atoms with Crippen LogP contribution in [0.25, 0.3) is 27.9 Å². The third-order valence-electron chi connectivity index (χ3n) is 7.02. The van der Waals surface area contributed by atoms with Gasteiger partial charge < -0.3 is 25.0 Å². The summed E-state index contributed by atoms with van der Waals surface area (Å²) in [4.78, 5) is 37.3. The molecule has 1 saturated heterocycles. The third-order valence-corrected chi connectivity index (χ3v) is 7.02. The lowest BCUT2D eigenvalue weighted by Gasteiger charge is -2.23. The highest BCUT2D eigenvalue weighted by Crippen LogP contribution is 2.27. The van der Waals surface area contributed by atoms with Crippen LogP contribution in [-0.4, -0.2) is 69.3 Å². The van der Waals surface area contributed by atoms with Crippen molar-refractivity contribution in [2.75, 3.05) is 32.1 Å². The van der Waals surface area contributed by atoms with Gasteiger partial charge in [-0.05, 0) is 48.4 Å². The number of para-hydroxylation sites is 1. The molecule has 2 N–H and O–H groups in total. The van der Waals surface area contributed by atoms with Crippen LogP contribution < -0.4 is 15.4 Å². The van der Waals surface area contributed by atoms with E-state index in [1.54, 1.807) is 11.6 Å². The first-order chi connectivity index (χ1) is 20.0. The van der Waals surface area contributed by atoms with Crippen LogP contribution in [0.3, 0.4) is 0 Å². The first-order valence-electron chi connectivity index (χ1n) is 13.3. The average Bonchev–Trinajstić information content (AvgIpc) is 3.38. The van der Waals surface area contributed by atoms with Crippen LogP contribution >= 0.6 is 0 Å². The molecule has 3 aromatic carbocycles. The Balaban J connectivity index is 1.32. The lowest BCUT2D eigenvalue weighted by Crippen LogP contribution is -2.44. The van der Waals surface area contributed by atoms with Crippen molar-refractivity contribution >= 4 is 34.5 Å². The molecular weight excluding hydrogens is 522 g/mol. The average molecular weight is 552 g/mol. The number of anilines is 1. The second-order valence-corrected chi connectivity index (χ2v) is 9.78. The van der Waals surface area contributed by atoms with Gasteiger partial charge in [-0.15, -0.1) is 5.10 Å². The van der Waals surface area contributed by atoms with Crippen molar-refractivity contribution < 1.29 is 19.1 Å². The number of hydrogen-bond acceptors (Lipinski definition) is 8. The first kappa shape index (κ1) is 26.1. The zero-order valence-electron chi connectivity index (χ0n) is 22.7. The van der Waals surface area contributed by atoms with Gasteiger partial charge in [0.05, 0.1) is 19.2 Å². The van der Waals surface area contributed by atoms with Gasteiger partial charge in [-0.2, -0.15) is 4.52 Å². The van der Waals surface area contributed by atoms with Gasteiger partial charge in [0.25, 0.3) is 0 Å². The number of amides is 2. The molecule has 6 rings (SSSR count). The molecule has 208 valence electrons. The molecule has 3 heterocycles. The van der Waals surface area contributed by atoms with E-state index in [-0.39, 0.29) is 19.1 Å². The molecule has 2 amide bonds. The summed E-state index contributed by atoms with van der Waals surface area (Å²) in [6.45, 7) is 2.84. The topological polar surface area (TPSA) is 123 Å². The second kappa shape index (κ2) is 11.1. The Labute approximate surface area is 236 Å². The van der Waals surface area contributed by atoms with Crippen LogP contribution in [0.4, 0.5) is 10.7 Å². The molecule has 0 bridgehead atoms. The predicted octanol–water partition coefficient (Wildman–Crippen LogP) is 3.81. The molecule has 11 nitrogen and oxygen atoms in total. The van der Waals surface area contributed by atoms with Crippen LogP contribution in [-0.2, 0) is 16.1 Å². The summed E-state index contributed by atoms with van der Waals surface area (Å²) in [7, 11) is 1.62. The predicted molar refractivity (Wildman–Crippen MR) is 154 cm³/mol. The molecule has 1 fully saturated rings. The molecule has 1 aliphatic heterocycles. The summed E-state index contributed by atoms with van der Waals surface area (Å²) < 4.78 is 12.4. The number of hydrogen-bond donors (Lipinski definition) is 2. The molecule has 0 radical (unpaired) electrons. The Morgan fingerprint density at radius 2 is 1.85 bits per heavy atom. The molecule has 41 heavy (non-hydrogen) atoms. The number of nitrogens with one attached hydrogen (secondary N) is 2. The number of carbonyl (C=O) groups excluding carboxylic acids is 2. The zero-order chi connectivity index (χ0) is 28.3. The molecule has 0 spiro atoms. The number of methoxy groups -OCH3 is 1. The van der Waals surface area contributed by atoms with Crippen molar-refractivity contribution in [3.8, 4) is 17.1 Å². The Morgan fingerprint density at radius 1 is 1.05 bits per heavy atom. The van der Waals surface area contributed by atoms with Crippen molar-refractivity contribution in [3.63, 3.8) is 0 Å². The van der Waals surface area contributed by atoms with Gasteiger partial charge in [0, 0.05) is 24.0 Å². The number of aryl methyl sites for hydroxylation is 1. The van der Waals surface area contributed by atoms with E-state index in [9.17, 15) is 9.59 Å². The van der Waals surface area contributed by atoms with Gasteiger partial charge in [-0.25, -0.2) is 14.8 Å². The van der Waals surface area contributed by atoms with Crippen molar-refractivity contribution in [2.45, 2.75) is 19.6 Å². The Hall–Kier alpha value is -5.19. The molecule has 2 aromatic heterocycles. The molecule has 0 unspecified atom stereocenters. The van der Waals surface area contributed by atoms with E-state index in [4.69, 9.17) is 24.5 Å². The quantitative estimate of drug-likeness (QED) is 0.327. The van der Waals surface area contributed by atoms with Gasteiger partial charge >= 0.3 is 6.09 Å². The minimum Gasteiger partial charge on any atom is -0.497 e. The van der Waals surface area contributed by atoms with Gasteiger partial charge in [0.15, 0.2) is 11.5 Å². The standard InChI is InChI=1S/C30H29N7O4/c1-19-7-6-10-23-25(19)33-29(37-27(23)34-26(35-37)21-11-13-22(40-2)14-12-21)32-24-17-36(16-15-31-28(24)38)30(39)41-18-20-8-4-3-5-9-20/h3-14,24H,15-18H2,1-2H3,(H,31,38)(H,32,33)/t24-/m0/s1. The Kier molecular flexibility index (Phi) is 7.07. The monoisotopic (exact) mass is 551 g/mol.